The lowest BCUT2D eigenvalue weighted by molar-refractivity contribution is -0.137. The normalized spacial score (nSPS) is 13.0. The van der Waals surface area contributed by atoms with Crippen LogP contribution in [-0.2, 0) is 9.53 Å². The Morgan fingerprint density at radius 1 is 1.44 bits per heavy atom. The van der Waals surface area contributed by atoms with Crippen molar-refractivity contribution in [3.63, 3.8) is 0 Å². The summed E-state index contributed by atoms with van der Waals surface area (Å²) in [5.74, 6) is -1.02. The average Bonchev–Trinajstić information content (AvgIpc) is 2.08. The monoisotopic (exact) mass is 235 g/mol. The van der Waals surface area contributed by atoms with Crippen molar-refractivity contribution < 1.29 is 23.8 Å². The van der Waals surface area contributed by atoms with E-state index in [-0.39, 0.29) is 12.8 Å². The first-order valence-electron chi connectivity index (χ1n) is 5.02. The fourth-order valence-electron chi connectivity index (χ4n) is 0.960. The molecule has 0 heterocycles. The van der Waals surface area contributed by atoms with Crippen LogP contribution in [0, 0.1) is 0 Å². The van der Waals surface area contributed by atoms with Crippen molar-refractivity contribution in [2.24, 2.45) is 0 Å². The number of hydrogen-bond donors (Lipinski definition) is 2. The van der Waals surface area contributed by atoms with Crippen LogP contribution in [-0.4, -0.2) is 35.5 Å². The second-order valence-corrected chi connectivity index (χ2v) is 4.43. The molecular formula is C10H18FNO4. The lowest BCUT2D eigenvalue weighted by Gasteiger charge is -2.22. The molecule has 1 amide bonds. The molecule has 0 aromatic rings. The SMILES string of the molecule is CC(C)(C)OC(=O)NC(CF)CCC(=O)O. The Hall–Kier alpha value is -1.33. The van der Waals surface area contributed by atoms with Gasteiger partial charge in [0.25, 0.3) is 0 Å². The van der Waals surface area contributed by atoms with Gasteiger partial charge < -0.3 is 15.2 Å². The summed E-state index contributed by atoms with van der Waals surface area (Å²) in [4.78, 5) is 21.5. The van der Waals surface area contributed by atoms with Crippen molar-refractivity contribution in [2.75, 3.05) is 6.67 Å². The summed E-state index contributed by atoms with van der Waals surface area (Å²) in [7, 11) is 0. The molecule has 0 fully saturated rings. The van der Waals surface area contributed by atoms with Crippen LogP contribution in [0.2, 0.25) is 0 Å². The molecule has 0 radical (unpaired) electrons. The number of alkyl halides is 1. The highest BCUT2D eigenvalue weighted by Gasteiger charge is 2.19. The van der Waals surface area contributed by atoms with Gasteiger partial charge in [0.1, 0.15) is 12.3 Å². The number of carboxylic acid groups (broad SMARTS) is 1. The molecule has 5 nitrogen and oxygen atoms in total. The summed E-state index contributed by atoms with van der Waals surface area (Å²) in [6.07, 6.45) is -0.879. The zero-order valence-electron chi connectivity index (χ0n) is 9.75. The van der Waals surface area contributed by atoms with Gasteiger partial charge in [-0.15, -0.1) is 0 Å². The quantitative estimate of drug-likeness (QED) is 0.760. The first kappa shape index (κ1) is 14.7. The molecule has 16 heavy (non-hydrogen) atoms. The number of aliphatic carboxylic acids is 1. The minimum Gasteiger partial charge on any atom is -0.481 e. The van der Waals surface area contributed by atoms with Crippen molar-refractivity contribution in [2.45, 2.75) is 45.3 Å². The zero-order valence-corrected chi connectivity index (χ0v) is 9.75. The topological polar surface area (TPSA) is 75.6 Å². The number of halogens is 1. The number of carboxylic acids is 1. The van der Waals surface area contributed by atoms with Gasteiger partial charge in [0, 0.05) is 6.42 Å². The van der Waals surface area contributed by atoms with Crippen LogP contribution in [0.1, 0.15) is 33.6 Å². The molecule has 6 heteroatoms. The molecule has 0 rings (SSSR count). The number of rotatable bonds is 5. The largest absolute Gasteiger partial charge is 0.481 e. The number of alkyl carbamates (subject to hydrolysis) is 1. The minimum absolute atomic E-state index is 0.0467. The summed E-state index contributed by atoms with van der Waals surface area (Å²) in [6.45, 7) is 4.25. The number of carbonyl (C=O) groups is 2. The Balaban J connectivity index is 4.02. The van der Waals surface area contributed by atoms with Gasteiger partial charge in [0.05, 0.1) is 6.04 Å². The molecule has 1 atom stereocenters. The lowest BCUT2D eigenvalue weighted by Crippen LogP contribution is -2.40. The number of hydrogen-bond acceptors (Lipinski definition) is 3. The molecule has 0 bridgehead atoms. The summed E-state index contributed by atoms with van der Waals surface area (Å²) in [5.41, 5.74) is -0.655. The molecule has 0 saturated carbocycles. The van der Waals surface area contributed by atoms with Crippen LogP contribution < -0.4 is 5.32 Å². The molecule has 0 spiro atoms. The van der Waals surface area contributed by atoms with E-state index < -0.39 is 30.4 Å². The van der Waals surface area contributed by atoms with Gasteiger partial charge in [-0.3, -0.25) is 4.79 Å². The number of nitrogens with one attached hydrogen (secondary N) is 1. The molecule has 1 unspecified atom stereocenters. The highest BCUT2D eigenvalue weighted by Crippen LogP contribution is 2.07. The Kier molecular flexibility index (Phi) is 5.77. The van der Waals surface area contributed by atoms with Crippen LogP contribution in [0.3, 0.4) is 0 Å². The van der Waals surface area contributed by atoms with Crippen LogP contribution in [0.25, 0.3) is 0 Å². The third-order valence-electron chi connectivity index (χ3n) is 1.61. The van der Waals surface area contributed by atoms with E-state index in [1.807, 2.05) is 0 Å². The third-order valence-corrected chi connectivity index (χ3v) is 1.61. The molecule has 0 aliphatic carbocycles. The van der Waals surface area contributed by atoms with Crippen molar-refractivity contribution >= 4 is 12.1 Å². The Morgan fingerprint density at radius 2 is 2.00 bits per heavy atom. The molecule has 0 aromatic heterocycles. The van der Waals surface area contributed by atoms with Crippen LogP contribution >= 0.6 is 0 Å². The maximum Gasteiger partial charge on any atom is 0.407 e. The van der Waals surface area contributed by atoms with Gasteiger partial charge in [-0.2, -0.15) is 0 Å². The summed E-state index contributed by atoms with van der Waals surface area (Å²) >= 11 is 0. The van der Waals surface area contributed by atoms with E-state index in [4.69, 9.17) is 9.84 Å². The average molecular weight is 235 g/mol. The molecular weight excluding hydrogens is 217 g/mol. The predicted octanol–water partition coefficient (Wildman–Crippen LogP) is 1.71. The Labute approximate surface area is 94.0 Å². The third kappa shape index (κ3) is 8.02. The van der Waals surface area contributed by atoms with Gasteiger partial charge in [-0.1, -0.05) is 0 Å². The fraction of sp³-hybridized carbons (Fsp3) is 0.800. The first-order valence-corrected chi connectivity index (χ1v) is 5.02. The minimum atomic E-state index is -1.02. The van der Waals surface area contributed by atoms with Gasteiger partial charge in [-0.05, 0) is 27.2 Å². The number of carbonyl (C=O) groups excluding carboxylic acids is 1. The van der Waals surface area contributed by atoms with E-state index in [9.17, 15) is 14.0 Å². The van der Waals surface area contributed by atoms with Crippen LogP contribution in [0.4, 0.5) is 9.18 Å². The Morgan fingerprint density at radius 3 is 2.38 bits per heavy atom. The van der Waals surface area contributed by atoms with Crippen LogP contribution in [0.5, 0.6) is 0 Å². The second kappa shape index (κ2) is 6.30. The molecule has 0 aliphatic heterocycles. The van der Waals surface area contributed by atoms with E-state index in [0.29, 0.717) is 0 Å². The molecule has 0 aliphatic rings. The van der Waals surface area contributed by atoms with E-state index in [1.54, 1.807) is 20.8 Å². The molecule has 0 aromatic carbocycles. The fourth-order valence-corrected chi connectivity index (χ4v) is 0.960. The van der Waals surface area contributed by atoms with Gasteiger partial charge >= 0.3 is 12.1 Å². The smallest absolute Gasteiger partial charge is 0.407 e. The van der Waals surface area contributed by atoms with E-state index in [2.05, 4.69) is 5.32 Å². The number of amides is 1. The van der Waals surface area contributed by atoms with Crippen molar-refractivity contribution in [1.29, 1.82) is 0 Å². The maximum absolute atomic E-state index is 12.4. The lowest BCUT2D eigenvalue weighted by atomic mass is 10.2. The van der Waals surface area contributed by atoms with E-state index in [0.717, 1.165) is 0 Å². The van der Waals surface area contributed by atoms with Crippen molar-refractivity contribution in [3.05, 3.63) is 0 Å². The van der Waals surface area contributed by atoms with Crippen molar-refractivity contribution in [1.82, 2.24) is 5.32 Å². The molecule has 2 N–H and O–H groups in total. The highest BCUT2D eigenvalue weighted by atomic mass is 19.1. The van der Waals surface area contributed by atoms with Crippen LogP contribution in [0.15, 0.2) is 0 Å². The maximum atomic E-state index is 12.4. The number of ether oxygens (including phenoxy) is 1. The standard InChI is InChI=1S/C10H18FNO4/c1-10(2,3)16-9(15)12-7(6-11)4-5-8(13)14/h7H,4-6H2,1-3H3,(H,12,15)(H,13,14). The second-order valence-electron chi connectivity index (χ2n) is 4.43. The highest BCUT2D eigenvalue weighted by molar-refractivity contribution is 5.69. The van der Waals surface area contributed by atoms with E-state index >= 15 is 0 Å². The van der Waals surface area contributed by atoms with Crippen molar-refractivity contribution in [3.8, 4) is 0 Å². The molecule has 94 valence electrons. The zero-order chi connectivity index (χ0) is 12.8. The van der Waals surface area contributed by atoms with Gasteiger partial charge in [0.15, 0.2) is 0 Å². The summed E-state index contributed by atoms with van der Waals surface area (Å²) in [5, 5.41) is 10.7. The van der Waals surface area contributed by atoms with Gasteiger partial charge in [0.2, 0.25) is 0 Å². The summed E-state index contributed by atoms with van der Waals surface area (Å²) < 4.78 is 17.4. The van der Waals surface area contributed by atoms with E-state index in [1.165, 1.54) is 0 Å². The predicted molar refractivity (Wildman–Crippen MR) is 56.0 cm³/mol. The first-order chi connectivity index (χ1) is 7.24. The van der Waals surface area contributed by atoms with Gasteiger partial charge in [-0.25, -0.2) is 9.18 Å². The summed E-state index contributed by atoms with van der Waals surface area (Å²) in [6, 6.07) is -0.814. The molecule has 0 saturated heterocycles. The Bertz CT molecular complexity index is 250.